The maximum absolute atomic E-state index is 14.7. The normalized spacial score (nSPS) is 18.7. The van der Waals surface area contributed by atoms with E-state index in [-0.39, 0.29) is 11.4 Å². The van der Waals surface area contributed by atoms with Crippen molar-refractivity contribution in [2.75, 3.05) is 29.9 Å². The first-order chi connectivity index (χ1) is 15.0. The van der Waals surface area contributed by atoms with Gasteiger partial charge in [-0.05, 0) is 45.6 Å². The van der Waals surface area contributed by atoms with Gasteiger partial charge in [-0.3, -0.25) is 4.79 Å². The number of hydrogen-bond acceptors (Lipinski definition) is 6. The molecule has 9 heteroatoms. The molecule has 0 spiro atoms. The topological polar surface area (TPSA) is 87.5 Å². The van der Waals surface area contributed by atoms with E-state index in [2.05, 4.69) is 30.5 Å². The molecule has 5 rings (SSSR count). The first kappa shape index (κ1) is 19.9. The van der Waals surface area contributed by atoms with Crippen molar-refractivity contribution in [3.8, 4) is 0 Å². The summed E-state index contributed by atoms with van der Waals surface area (Å²) in [6, 6.07) is 0.721. The Morgan fingerprint density at radius 2 is 2.03 bits per heavy atom. The van der Waals surface area contributed by atoms with Gasteiger partial charge in [0, 0.05) is 37.1 Å². The zero-order valence-corrected chi connectivity index (χ0v) is 17.7. The maximum atomic E-state index is 14.7. The van der Waals surface area contributed by atoms with Gasteiger partial charge < -0.3 is 19.9 Å². The molecule has 1 amide bonds. The van der Waals surface area contributed by atoms with Crippen LogP contribution in [0.15, 0.2) is 24.8 Å². The minimum atomic E-state index is -0.501. The molecule has 8 nitrogen and oxygen atoms in total. The predicted octanol–water partition coefficient (Wildman–Crippen LogP) is 2.71. The lowest BCUT2D eigenvalue weighted by Gasteiger charge is -2.17. The molecule has 1 unspecified atom stereocenters. The van der Waals surface area contributed by atoms with E-state index in [9.17, 15) is 9.18 Å². The van der Waals surface area contributed by atoms with E-state index in [0.29, 0.717) is 17.1 Å². The number of pyridine rings is 1. The number of aromatic nitrogens is 4. The van der Waals surface area contributed by atoms with Crippen LogP contribution in [0.5, 0.6) is 0 Å². The van der Waals surface area contributed by atoms with E-state index >= 15 is 0 Å². The molecule has 3 aromatic heterocycles. The third-order valence-electron chi connectivity index (χ3n) is 6.02. The quantitative estimate of drug-likeness (QED) is 0.634. The lowest BCUT2D eigenvalue weighted by atomic mass is 10.1. The molecule has 162 valence electrons. The van der Waals surface area contributed by atoms with Crippen LogP contribution in [0.25, 0.3) is 5.65 Å². The minimum Gasteiger partial charge on any atom is -0.355 e. The Bertz CT molecular complexity index is 1120. The third-order valence-corrected chi connectivity index (χ3v) is 6.02. The summed E-state index contributed by atoms with van der Waals surface area (Å²) in [6.07, 6.45) is 10.1. The average molecular weight is 423 g/mol. The summed E-state index contributed by atoms with van der Waals surface area (Å²) in [5.74, 6) is 0.376. The second-order valence-corrected chi connectivity index (χ2v) is 8.59. The summed E-state index contributed by atoms with van der Waals surface area (Å²) in [4.78, 5) is 27.8. The highest BCUT2D eigenvalue weighted by atomic mass is 19.1. The molecule has 1 saturated heterocycles. The molecule has 1 aliphatic heterocycles. The van der Waals surface area contributed by atoms with E-state index < -0.39 is 11.7 Å². The highest BCUT2D eigenvalue weighted by molar-refractivity contribution is 6.02. The molecule has 1 atom stereocenters. The second-order valence-electron chi connectivity index (χ2n) is 8.59. The third kappa shape index (κ3) is 4.10. The number of halogens is 1. The Kier molecular flexibility index (Phi) is 5.05. The molecule has 1 saturated carbocycles. The number of fused-ring (bicyclic) bond motifs is 1. The van der Waals surface area contributed by atoms with Crippen molar-refractivity contribution in [1.82, 2.24) is 24.7 Å². The first-order valence-corrected chi connectivity index (χ1v) is 10.7. The number of anilines is 2. The van der Waals surface area contributed by atoms with Gasteiger partial charge >= 0.3 is 0 Å². The Morgan fingerprint density at radius 1 is 1.19 bits per heavy atom. The zero-order chi connectivity index (χ0) is 21.5. The van der Waals surface area contributed by atoms with Crippen molar-refractivity contribution in [3.63, 3.8) is 0 Å². The van der Waals surface area contributed by atoms with Crippen LogP contribution in [0.3, 0.4) is 0 Å². The highest BCUT2D eigenvalue weighted by Gasteiger charge is 2.27. The van der Waals surface area contributed by atoms with E-state index in [0.717, 1.165) is 43.6 Å². The molecule has 0 bridgehead atoms. The van der Waals surface area contributed by atoms with Crippen LogP contribution in [-0.2, 0) is 0 Å². The van der Waals surface area contributed by atoms with Gasteiger partial charge in [-0.2, -0.15) is 0 Å². The van der Waals surface area contributed by atoms with E-state index in [4.69, 9.17) is 0 Å². The van der Waals surface area contributed by atoms with E-state index in [1.165, 1.54) is 25.2 Å². The monoisotopic (exact) mass is 423 g/mol. The SMILES string of the molecule is Cc1cn2cc(NC(=O)c3cnc(N4CCC(CNC5CC5)C4)cn3)c(F)c(C)c2n1. The molecule has 0 aromatic carbocycles. The average Bonchev–Trinajstić information content (AvgIpc) is 3.34. The fourth-order valence-electron chi connectivity index (χ4n) is 4.09. The molecule has 2 N–H and O–H groups in total. The number of carbonyl (C=O) groups excluding carboxylic acids is 1. The number of rotatable bonds is 6. The molecule has 2 fully saturated rings. The van der Waals surface area contributed by atoms with Gasteiger partial charge in [0.05, 0.1) is 23.8 Å². The molecule has 2 aliphatic rings. The van der Waals surface area contributed by atoms with Crippen molar-refractivity contribution >= 4 is 23.1 Å². The van der Waals surface area contributed by atoms with Crippen molar-refractivity contribution < 1.29 is 9.18 Å². The van der Waals surface area contributed by atoms with Crippen LogP contribution in [0, 0.1) is 25.6 Å². The summed E-state index contributed by atoms with van der Waals surface area (Å²) < 4.78 is 16.4. The molecule has 1 aliphatic carbocycles. The standard InChI is InChI=1S/C22H26FN7O/c1-13-10-30-12-18(20(23)14(2)21(30)27-13)28-22(31)17-8-26-19(9-25-17)29-6-5-15(11-29)7-24-16-3-4-16/h8-10,12,15-16,24H,3-7,11H2,1-2H3,(H,28,31). The molecular weight excluding hydrogens is 397 g/mol. The fraction of sp³-hybridized carbons (Fsp3) is 0.455. The number of amides is 1. The lowest BCUT2D eigenvalue weighted by molar-refractivity contribution is 0.102. The number of nitrogens with one attached hydrogen (secondary N) is 2. The summed E-state index contributed by atoms with van der Waals surface area (Å²) in [6.45, 7) is 6.40. The van der Waals surface area contributed by atoms with Gasteiger partial charge in [0.2, 0.25) is 0 Å². The van der Waals surface area contributed by atoms with Crippen molar-refractivity contribution in [2.45, 2.75) is 39.2 Å². The van der Waals surface area contributed by atoms with Gasteiger partial charge in [0.25, 0.3) is 5.91 Å². The van der Waals surface area contributed by atoms with Gasteiger partial charge in [-0.15, -0.1) is 0 Å². The molecule has 4 heterocycles. The summed E-state index contributed by atoms with van der Waals surface area (Å²) in [5, 5.41) is 6.20. The Morgan fingerprint density at radius 3 is 2.77 bits per heavy atom. The molecule has 3 aromatic rings. The smallest absolute Gasteiger partial charge is 0.275 e. The van der Waals surface area contributed by atoms with Crippen molar-refractivity contribution in [1.29, 1.82) is 0 Å². The number of carbonyl (C=O) groups is 1. The van der Waals surface area contributed by atoms with Crippen LogP contribution in [0.4, 0.5) is 15.9 Å². The number of aryl methyl sites for hydroxylation is 2. The van der Waals surface area contributed by atoms with Crippen LogP contribution in [0.2, 0.25) is 0 Å². The van der Waals surface area contributed by atoms with Crippen LogP contribution in [0.1, 0.15) is 41.0 Å². The number of imidazole rings is 1. The Labute approximate surface area is 179 Å². The predicted molar refractivity (Wildman–Crippen MR) is 116 cm³/mol. The summed E-state index contributed by atoms with van der Waals surface area (Å²) in [7, 11) is 0. The molecule has 31 heavy (non-hydrogen) atoms. The van der Waals surface area contributed by atoms with Gasteiger partial charge in [-0.1, -0.05) is 0 Å². The van der Waals surface area contributed by atoms with Gasteiger partial charge in [-0.25, -0.2) is 19.3 Å². The second kappa shape index (κ2) is 7.88. The minimum absolute atomic E-state index is 0.0869. The fourth-order valence-corrected chi connectivity index (χ4v) is 4.09. The summed E-state index contributed by atoms with van der Waals surface area (Å²) >= 11 is 0. The highest BCUT2D eigenvalue weighted by Crippen LogP contribution is 2.25. The zero-order valence-electron chi connectivity index (χ0n) is 17.7. The lowest BCUT2D eigenvalue weighted by Crippen LogP contribution is -2.28. The van der Waals surface area contributed by atoms with Crippen molar-refractivity contribution in [2.24, 2.45) is 5.92 Å². The number of nitrogens with zero attached hydrogens (tertiary/aromatic N) is 5. The summed E-state index contributed by atoms with van der Waals surface area (Å²) in [5.41, 5.74) is 1.93. The van der Waals surface area contributed by atoms with Crippen LogP contribution >= 0.6 is 0 Å². The maximum Gasteiger partial charge on any atom is 0.275 e. The molecule has 0 radical (unpaired) electrons. The first-order valence-electron chi connectivity index (χ1n) is 10.7. The van der Waals surface area contributed by atoms with Crippen LogP contribution in [-0.4, -0.2) is 50.9 Å². The van der Waals surface area contributed by atoms with E-state index in [1.807, 2.05) is 6.92 Å². The van der Waals surface area contributed by atoms with Crippen molar-refractivity contribution in [3.05, 3.63) is 47.6 Å². The van der Waals surface area contributed by atoms with Gasteiger partial charge in [0.15, 0.2) is 5.82 Å². The Balaban J connectivity index is 1.25. The van der Waals surface area contributed by atoms with Crippen LogP contribution < -0.4 is 15.5 Å². The van der Waals surface area contributed by atoms with E-state index in [1.54, 1.807) is 23.7 Å². The largest absolute Gasteiger partial charge is 0.355 e. The molecular formula is C22H26FN7O. The number of hydrogen-bond donors (Lipinski definition) is 2. The Hall–Kier alpha value is -3.07. The van der Waals surface area contributed by atoms with Gasteiger partial charge in [0.1, 0.15) is 17.2 Å².